The Morgan fingerprint density at radius 2 is 1.19 bits per heavy atom. The van der Waals surface area contributed by atoms with Crippen LogP contribution >= 0.6 is 0 Å². The van der Waals surface area contributed by atoms with Gasteiger partial charge in [0.15, 0.2) is 0 Å². The molecule has 4 nitrogen and oxygen atoms in total. The number of nitrogens with zero attached hydrogens (tertiary/aromatic N) is 2. The summed E-state index contributed by atoms with van der Waals surface area (Å²) >= 11 is 0. The highest BCUT2D eigenvalue weighted by Crippen LogP contribution is 2.16. The lowest BCUT2D eigenvalue weighted by molar-refractivity contribution is 0.0304. The summed E-state index contributed by atoms with van der Waals surface area (Å²) in [5.41, 5.74) is -1.04. The van der Waals surface area contributed by atoms with E-state index in [-0.39, 0.29) is 0 Å². The molecule has 0 unspecified atom stereocenters. The quantitative estimate of drug-likeness (QED) is 0.648. The van der Waals surface area contributed by atoms with Gasteiger partial charge in [-0.1, -0.05) is 0 Å². The second-order valence-corrected chi connectivity index (χ2v) is 4.70. The van der Waals surface area contributed by atoms with Crippen LogP contribution in [0.5, 0.6) is 0 Å². The maximum Gasteiger partial charge on any atom is 0.118 e. The third-order valence-electron chi connectivity index (χ3n) is 1.84. The minimum atomic E-state index is -0.520. The molecule has 0 aliphatic carbocycles. The van der Waals surface area contributed by atoms with E-state index in [0.717, 1.165) is 0 Å². The number of ether oxygens (including phenoxy) is 2. The molecule has 4 heteroatoms. The Labute approximate surface area is 97.1 Å². The molecule has 0 rings (SSSR count). The Morgan fingerprint density at radius 1 is 0.875 bits per heavy atom. The molecule has 0 saturated heterocycles. The van der Waals surface area contributed by atoms with Gasteiger partial charge in [0, 0.05) is 0 Å². The average molecular weight is 222 g/mol. The van der Waals surface area contributed by atoms with Gasteiger partial charge in [-0.05, 0) is 27.7 Å². The summed E-state index contributed by atoms with van der Waals surface area (Å²) < 4.78 is 10.7. The van der Waals surface area contributed by atoms with Crippen molar-refractivity contribution in [2.45, 2.75) is 51.7 Å². The first-order valence-corrected chi connectivity index (χ1v) is 5.07. The summed E-state index contributed by atoms with van der Waals surface area (Å²) in [6.45, 7) is 7.28. The maximum absolute atomic E-state index is 8.54. The fraction of sp³-hybridized carbons (Fsp3) is 0.667. The van der Waals surface area contributed by atoms with Crippen molar-refractivity contribution in [1.82, 2.24) is 0 Å². The van der Waals surface area contributed by atoms with Crippen molar-refractivity contribution in [2.24, 2.45) is 0 Å². The molecule has 0 aromatic rings. The van der Waals surface area contributed by atoms with Crippen molar-refractivity contribution in [3.8, 4) is 12.1 Å². The molecule has 0 aromatic heterocycles. The fourth-order valence-electron chi connectivity index (χ4n) is 0.888. The van der Waals surface area contributed by atoms with Crippen LogP contribution in [0.25, 0.3) is 0 Å². The Morgan fingerprint density at radius 3 is 1.44 bits per heavy atom. The molecule has 0 N–H and O–H groups in total. The van der Waals surface area contributed by atoms with Gasteiger partial charge in [0.1, 0.15) is 23.7 Å². The number of nitriles is 2. The SMILES string of the molecule is CC(C)(CC#N)O/C=C/OC(C)(C)CC#N. The van der Waals surface area contributed by atoms with E-state index < -0.39 is 11.2 Å². The zero-order valence-electron chi connectivity index (χ0n) is 10.3. The number of hydrogen-bond acceptors (Lipinski definition) is 4. The predicted octanol–water partition coefficient (Wildman–Crippen LogP) is 2.88. The lowest BCUT2D eigenvalue weighted by Crippen LogP contribution is -2.22. The van der Waals surface area contributed by atoms with Crippen LogP contribution in [0, 0.1) is 22.7 Å². The third kappa shape index (κ3) is 6.73. The molecular formula is C12H18N2O2. The van der Waals surface area contributed by atoms with Crippen LogP contribution < -0.4 is 0 Å². The van der Waals surface area contributed by atoms with Gasteiger partial charge in [0.2, 0.25) is 0 Å². The van der Waals surface area contributed by atoms with Crippen molar-refractivity contribution in [3.63, 3.8) is 0 Å². The van der Waals surface area contributed by atoms with E-state index >= 15 is 0 Å². The molecule has 16 heavy (non-hydrogen) atoms. The minimum absolute atomic E-state index is 0.304. The normalized spacial score (nSPS) is 11.9. The van der Waals surface area contributed by atoms with E-state index in [0.29, 0.717) is 12.8 Å². The van der Waals surface area contributed by atoms with Crippen molar-refractivity contribution >= 4 is 0 Å². The first-order valence-electron chi connectivity index (χ1n) is 5.07. The van der Waals surface area contributed by atoms with E-state index in [1.54, 1.807) is 0 Å². The summed E-state index contributed by atoms with van der Waals surface area (Å²) in [6.07, 6.45) is 3.44. The summed E-state index contributed by atoms with van der Waals surface area (Å²) in [5.74, 6) is 0. The van der Waals surface area contributed by atoms with Crippen molar-refractivity contribution in [2.75, 3.05) is 0 Å². The van der Waals surface area contributed by atoms with Crippen LogP contribution in [0.3, 0.4) is 0 Å². The lowest BCUT2D eigenvalue weighted by atomic mass is 10.1. The van der Waals surface area contributed by atoms with Crippen LogP contribution in [-0.2, 0) is 9.47 Å². The molecule has 0 saturated carbocycles. The molecule has 0 aromatic carbocycles. The minimum Gasteiger partial charge on any atom is -0.491 e. The molecule has 0 spiro atoms. The van der Waals surface area contributed by atoms with Gasteiger partial charge in [0.25, 0.3) is 0 Å². The molecule has 0 heterocycles. The number of rotatable bonds is 6. The van der Waals surface area contributed by atoms with E-state index in [4.69, 9.17) is 20.0 Å². The summed E-state index contributed by atoms with van der Waals surface area (Å²) in [7, 11) is 0. The van der Waals surface area contributed by atoms with Crippen LogP contribution in [0.1, 0.15) is 40.5 Å². The zero-order valence-corrected chi connectivity index (χ0v) is 10.3. The molecule has 0 radical (unpaired) electrons. The largest absolute Gasteiger partial charge is 0.491 e. The van der Waals surface area contributed by atoms with Crippen molar-refractivity contribution in [1.29, 1.82) is 10.5 Å². The Hall–Kier alpha value is -1.68. The van der Waals surface area contributed by atoms with Gasteiger partial charge in [-0.25, -0.2) is 0 Å². The first-order chi connectivity index (χ1) is 7.33. The maximum atomic E-state index is 8.54. The summed E-state index contributed by atoms with van der Waals surface area (Å²) in [5, 5.41) is 17.1. The zero-order chi connectivity index (χ0) is 12.7. The summed E-state index contributed by atoms with van der Waals surface area (Å²) in [4.78, 5) is 0. The van der Waals surface area contributed by atoms with Crippen LogP contribution in [0.15, 0.2) is 12.5 Å². The fourth-order valence-corrected chi connectivity index (χ4v) is 0.888. The van der Waals surface area contributed by atoms with E-state index in [9.17, 15) is 0 Å². The first kappa shape index (κ1) is 14.3. The Kier molecular flexibility index (Phi) is 5.39. The highest BCUT2D eigenvalue weighted by molar-refractivity contribution is 4.87. The van der Waals surface area contributed by atoms with Gasteiger partial charge < -0.3 is 9.47 Å². The van der Waals surface area contributed by atoms with Gasteiger partial charge >= 0.3 is 0 Å². The topological polar surface area (TPSA) is 66.0 Å². The highest BCUT2D eigenvalue weighted by atomic mass is 16.5. The molecule has 0 amide bonds. The van der Waals surface area contributed by atoms with Crippen LogP contribution in [-0.4, -0.2) is 11.2 Å². The molecule has 0 aliphatic rings. The standard InChI is InChI=1S/C12H18N2O2/c1-11(2,5-7-13)15-9-10-16-12(3,4)6-8-14/h9-10H,5-6H2,1-4H3/b10-9+. The second kappa shape index (κ2) is 6.02. The van der Waals surface area contributed by atoms with Crippen molar-refractivity contribution in [3.05, 3.63) is 12.5 Å². The van der Waals surface area contributed by atoms with Gasteiger partial charge in [0.05, 0.1) is 25.0 Å². The molecule has 0 bridgehead atoms. The summed E-state index contributed by atoms with van der Waals surface area (Å²) in [6, 6.07) is 4.09. The smallest absolute Gasteiger partial charge is 0.118 e. The molecule has 0 fully saturated rings. The van der Waals surface area contributed by atoms with Crippen molar-refractivity contribution < 1.29 is 9.47 Å². The third-order valence-corrected chi connectivity index (χ3v) is 1.84. The highest BCUT2D eigenvalue weighted by Gasteiger charge is 2.18. The monoisotopic (exact) mass is 222 g/mol. The van der Waals surface area contributed by atoms with Gasteiger partial charge in [-0.2, -0.15) is 10.5 Å². The van der Waals surface area contributed by atoms with E-state index in [2.05, 4.69) is 0 Å². The molecule has 0 aliphatic heterocycles. The van der Waals surface area contributed by atoms with Gasteiger partial charge in [-0.3, -0.25) is 0 Å². The lowest BCUT2D eigenvalue weighted by Gasteiger charge is -2.23. The van der Waals surface area contributed by atoms with E-state index in [1.165, 1.54) is 12.5 Å². The average Bonchev–Trinajstić information content (AvgIpc) is 2.12. The molecule has 0 atom stereocenters. The second-order valence-electron chi connectivity index (χ2n) is 4.70. The predicted molar refractivity (Wildman–Crippen MR) is 59.9 cm³/mol. The van der Waals surface area contributed by atoms with Crippen LogP contribution in [0.2, 0.25) is 0 Å². The number of hydrogen-bond donors (Lipinski definition) is 0. The Balaban J connectivity index is 4.05. The Bertz CT molecular complexity index is 287. The van der Waals surface area contributed by atoms with Gasteiger partial charge in [-0.15, -0.1) is 0 Å². The van der Waals surface area contributed by atoms with Crippen LogP contribution in [0.4, 0.5) is 0 Å². The van der Waals surface area contributed by atoms with E-state index in [1.807, 2.05) is 39.8 Å². The molecule has 88 valence electrons. The molecular weight excluding hydrogens is 204 g/mol.